The first-order valence-electron chi connectivity index (χ1n) is 11.0. The lowest BCUT2D eigenvalue weighted by Gasteiger charge is -2.18. The molecular weight excluding hydrogens is 537 g/mol. The number of allylic oxidation sites excluding steroid dienone is 2. The number of carbonyl (C=O) groups is 3. The van der Waals surface area contributed by atoms with E-state index < -0.39 is 6.09 Å². The van der Waals surface area contributed by atoms with E-state index in [9.17, 15) is 14.4 Å². The van der Waals surface area contributed by atoms with E-state index in [1.807, 2.05) is 19.1 Å². The lowest BCUT2D eigenvalue weighted by Crippen LogP contribution is -2.43. The van der Waals surface area contributed by atoms with Gasteiger partial charge in [-0.1, -0.05) is 24.3 Å². The van der Waals surface area contributed by atoms with Gasteiger partial charge in [0.1, 0.15) is 0 Å². The molecule has 4 rings (SSSR count). The maximum atomic E-state index is 12.8. The van der Waals surface area contributed by atoms with Crippen LogP contribution in [0.1, 0.15) is 18.9 Å². The summed E-state index contributed by atoms with van der Waals surface area (Å²) in [6.07, 6.45) is 4.63. The van der Waals surface area contributed by atoms with Crippen molar-refractivity contribution < 1.29 is 19.1 Å². The van der Waals surface area contributed by atoms with Crippen LogP contribution in [0, 0.1) is 23.7 Å². The van der Waals surface area contributed by atoms with Crippen LogP contribution in [0.25, 0.3) is 0 Å². The highest BCUT2D eigenvalue weighted by molar-refractivity contribution is 14.0. The Labute approximate surface area is 210 Å². The maximum Gasteiger partial charge on any atom is 0.411 e. The SMILES string of the molecule is CCNC(=NCc1ccc(NC(=O)OC)cc1)NCCN1C(=O)C2C3C=CC(C3)C2C1=O.I. The maximum absolute atomic E-state index is 12.8. The van der Waals surface area contributed by atoms with Crippen LogP contribution in [0.2, 0.25) is 0 Å². The number of guanidine groups is 1. The van der Waals surface area contributed by atoms with Crippen molar-refractivity contribution in [3.05, 3.63) is 42.0 Å². The second-order valence-corrected chi connectivity index (χ2v) is 8.26. The van der Waals surface area contributed by atoms with Crippen molar-refractivity contribution in [2.45, 2.75) is 19.9 Å². The molecule has 1 saturated heterocycles. The molecule has 1 saturated carbocycles. The zero-order chi connectivity index (χ0) is 22.7. The highest BCUT2D eigenvalue weighted by Gasteiger charge is 2.58. The predicted molar refractivity (Wildman–Crippen MR) is 135 cm³/mol. The van der Waals surface area contributed by atoms with Gasteiger partial charge >= 0.3 is 6.09 Å². The molecule has 1 aromatic carbocycles. The van der Waals surface area contributed by atoms with Gasteiger partial charge in [-0.3, -0.25) is 19.8 Å². The molecule has 4 atom stereocenters. The molecule has 1 aromatic rings. The number of ether oxygens (including phenoxy) is 1. The summed E-state index contributed by atoms with van der Waals surface area (Å²) in [4.78, 5) is 42.8. The normalized spacial score (nSPS) is 25.0. The van der Waals surface area contributed by atoms with Crippen LogP contribution in [0.5, 0.6) is 0 Å². The van der Waals surface area contributed by atoms with Crippen molar-refractivity contribution in [1.29, 1.82) is 0 Å². The quantitative estimate of drug-likeness (QED) is 0.153. The summed E-state index contributed by atoms with van der Waals surface area (Å²) < 4.78 is 4.58. The largest absolute Gasteiger partial charge is 0.453 e. The molecule has 0 aromatic heterocycles. The first kappa shape index (κ1) is 25.0. The molecule has 3 N–H and O–H groups in total. The number of imide groups is 1. The molecule has 0 radical (unpaired) electrons. The summed E-state index contributed by atoms with van der Waals surface area (Å²) in [7, 11) is 1.32. The molecule has 10 heteroatoms. The third kappa shape index (κ3) is 5.31. The summed E-state index contributed by atoms with van der Waals surface area (Å²) in [6, 6.07) is 7.32. The summed E-state index contributed by atoms with van der Waals surface area (Å²) in [5.74, 6) is 0.708. The molecule has 1 heterocycles. The molecule has 4 unspecified atom stereocenters. The first-order valence-corrected chi connectivity index (χ1v) is 11.0. The van der Waals surface area contributed by atoms with Gasteiger partial charge in [0.15, 0.2) is 5.96 Å². The highest BCUT2D eigenvalue weighted by atomic mass is 127. The van der Waals surface area contributed by atoms with Crippen LogP contribution < -0.4 is 16.0 Å². The Bertz CT molecular complexity index is 919. The van der Waals surface area contributed by atoms with E-state index in [4.69, 9.17) is 0 Å². The van der Waals surface area contributed by atoms with Crippen LogP contribution >= 0.6 is 24.0 Å². The van der Waals surface area contributed by atoms with E-state index >= 15 is 0 Å². The Kier molecular flexibility index (Phi) is 8.33. The molecule has 0 spiro atoms. The molecule has 33 heavy (non-hydrogen) atoms. The fourth-order valence-corrected chi connectivity index (χ4v) is 4.85. The van der Waals surface area contributed by atoms with Gasteiger partial charge in [-0.25, -0.2) is 9.79 Å². The zero-order valence-electron chi connectivity index (χ0n) is 18.7. The van der Waals surface area contributed by atoms with Crippen molar-refractivity contribution in [2.75, 3.05) is 32.1 Å². The number of rotatable bonds is 7. The van der Waals surface area contributed by atoms with Crippen LogP contribution in [0.4, 0.5) is 10.5 Å². The van der Waals surface area contributed by atoms with Gasteiger partial charge in [0.25, 0.3) is 0 Å². The number of halogens is 1. The lowest BCUT2D eigenvalue weighted by molar-refractivity contribution is -0.140. The molecule has 2 fully saturated rings. The number of hydrogen-bond acceptors (Lipinski definition) is 5. The van der Waals surface area contributed by atoms with Crippen molar-refractivity contribution in [3.8, 4) is 0 Å². The smallest absolute Gasteiger partial charge is 0.411 e. The number of fused-ring (bicyclic) bond motifs is 5. The third-order valence-corrected chi connectivity index (χ3v) is 6.34. The molecule has 3 amide bonds. The second kappa shape index (κ2) is 11.0. The molecule has 1 aliphatic heterocycles. The van der Waals surface area contributed by atoms with Crippen LogP contribution in [-0.2, 0) is 20.9 Å². The summed E-state index contributed by atoms with van der Waals surface area (Å²) in [5, 5.41) is 8.99. The van der Waals surface area contributed by atoms with Gasteiger partial charge in [-0.15, -0.1) is 24.0 Å². The van der Waals surface area contributed by atoms with E-state index in [0.29, 0.717) is 37.8 Å². The summed E-state index contributed by atoms with van der Waals surface area (Å²) in [6.45, 7) is 3.88. The van der Waals surface area contributed by atoms with Gasteiger partial charge in [0, 0.05) is 25.3 Å². The van der Waals surface area contributed by atoms with E-state index in [-0.39, 0.29) is 59.5 Å². The second-order valence-electron chi connectivity index (χ2n) is 8.26. The van der Waals surface area contributed by atoms with E-state index in [1.54, 1.807) is 12.1 Å². The average Bonchev–Trinajstić information content (AvgIpc) is 3.48. The standard InChI is InChI=1S/C23H29N5O4.HI/c1-3-24-22(26-13-14-4-8-17(9-5-14)27-23(31)32-2)25-10-11-28-20(29)18-15-6-7-16(12-15)19(18)21(28)30;/h4-9,15-16,18-19H,3,10-13H2,1-2H3,(H,27,31)(H2,24,25,26);1H. The minimum atomic E-state index is -0.517. The number of hydrogen-bond donors (Lipinski definition) is 3. The van der Waals surface area contributed by atoms with Crippen LogP contribution in [0.15, 0.2) is 41.4 Å². The summed E-state index contributed by atoms with van der Waals surface area (Å²) in [5.41, 5.74) is 1.61. The van der Waals surface area contributed by atoms with E-state index in [2.05, 4.69) is 37.8 Å². The molecule has 2 bridgehead atoms. The number of anilines is 1. The minimum absolute atomic E-state index is 0. The molecule has 2 aliphatic carbocycles. The number of benzene rings is 1. The fraction of sp³-hybridized carbons (Fsp3) is 0.478. The van der Waals surface area contributed by atoms with Gasteiger partial charge in [-0.05, 0) is 42.9 Å². The van der Waals surface area contributed by atoms with Gasteiger partial charge < -0.3 is 15.4 Å². The van der Waals surface area contributed by atoms with Crippen LogP contribution in [-0.4, -0.2) is 55.5 Å². The lowest BCUT2D eigenvalue weighted by atomic mass is 9.85. The van der Waals surface area contributed by atoms with Crippen molar-refractivity contribution in [1.82, 2.24) is 15.5 Å². The Morgan fingerprint density at radius 3 is 2.30 bits per heavy atom. The fourth-order valence-electron chi connectivity index (χ4n) is 4.85. The first-order chi connectivity index (χ1) is 15.5. The third-order valence-electron chi connectivity index (χ3n) is 6.34. The number of amides is 3. The van der Waals surface area contributed by atoms with Gasteiger partial charge in [0.2, 0.25) is 11.8 Å². The molecule has 178 valence electrons. The number of carbonyl (C=O) groups excluding carboxylic acids is 3. The Morgan fingerprint density at radius 2 is 1.73 bits per heavy atom. The summed E-state index contributed by atoms with van der Waals surface area (Å²) >= 11 is 0. The van der Waals surface area contributed by atoms with E-state index in [1.165, 1.54) is 12.0 Å². The number of methoxy groups -OCH3 is 1. The predicted octanol–water partition coefficient (Wildman–Crippen LogP) is 2.35. The Morgan fingerprint density at radius 1 is 1.09 bits per heavy atom. The minimum Gasteiger partial charge on any atom is -0.453 e. The highest BCUT2D eigenvalue weighted by Crippen LogP contribution is 2.52. The zero-order valence-corrected chi connectivity index (χ0v) is 21.1. The van der Waals surface area contributed by atoms with E-state index in [0.717, 1.165) is 12.0 Å². The van der Waals surface area contributed by atoms with Crippen molar-refractivity contribution in [3.63, 3.8) is 0 Å². The number of nitrogens with one attached hydrogen (secondary N) is 3. The van der Waals surface area contributed by atoms with Crippen molar-refractivity contribution >= 4 is 53.5 Å². The number of aliphatic imine (C=N–C) groups is 1. The number of likely N-dealkylation sites (tertiary alicyclic amines) is 1. The Balaban J connectivity index is 0.00000306. The topological polar surface area (TPSA) is 112 Å². The monoisotopic (exact) mass is 567 g/mol. The van der Waals surface area contributed by atoms with Gasteiger partial charge in [0.05, 0.1) is 25.5 Å². The van der Waals surface area contributed by atoms with Crippen LogP contribution in [0.3, 0.4) is 0 Å². The average molecular weight is 567 g/mol. The van der Waals surface area contributed by atoms with Crippen molar-refractivity contribution in [2.24, 2.45) is 28.7 Å². The number of nitrogens with zero attached hydrogens (tertiary/aromatic N) is 2. The molecule has 3 aliphatic rings. The molecular formula is C23H30IN5O4. The Hall–Kier alpha value is -2.63. The molecule has 9 nitrogen and oxygen atoms in total. The van der Waals surface area contributed by atoms with Gasteiger partial charge in [-0.2, -0.15) is 0 Å².